The predicted molar refractivity (Wildman–Crippen MR) is 111 cm³/mol. The highest BCUT2D eigenvalue weighted by molar-refractivity contribution is 6.02. The number of aryl methyl sites for hydroxylation is 1. The molecular formula is C23H23FN2O4. The Kier molecular flexibility index (Phi) is 6.95. The van der Waals surface area contributed by atoms with Gasteiger partial charge in [0.2, 0.25) is 5.91 Å². The largest absolute Gasteiger partial charge is 0.462 e. The smallest absolute Gasteiger partial charge is 0.340 e. The van der Waals surface area contributed by atoms with Gasteiger partial charge in [0, 0.05) is 19.4 Å². The van der Waals surface area contributed by atoms with Gasteiger partial charge in [-0.05, 0) is 38.1 Å². The Hall–Kier alpha value is -3.48. The van der Waals surface area contributed by atoms with Crippen molar-refractivity contribution in [2.45, 2.75) is 26.7 Å². The van der Waals surface area contributed by atoms with Crippen LogP contribution in [-0.2, 0) is 16.0 Å². The summed E-state index contributed by atoms with van der Waals surface area (Å²) < 4.78 is 24.6. The standard InChI is InChI=1S/C23H23FN2O4/c1-3-26(19-12-8-6-10-17(19)23(28)29-4-2)22(27)14-13-21-25-15-20(30-21)16-9-5-7-11-18(16)24/h5-12,15H,3-4,13-14H2,1-2H3. The number of hydrogen-bond donors (Lipinski definition) is 0. The van der Waals surface area contributed by atoms with Gasteiger partial charge in [0.1, 0.15) is 5.82 Å². The normalized spacial score (nSPS) is 10.6. The molecule has 6 nitrogen and oxygen atoms in total. The molecule has 1 heterocycles. The highest BCUT2D eigenvalue weighted by Crippen LogP contribution is 2.25. The van der Waals surface area contributed by atoms with Crippen molar-refractivity contribution in [3.63, 3.8) is 0 Å². The molecule has 0 aliphatic rings. The number of benzene rings is 2. The molecule has 0 atom stereocenters. The Morgan fingerprint density at radius 3 is 2.57 bits per heavy atom. The number of carbonyl (C=O) groups excluding carboxylic acids is 2. The summed E-state index contributed by atoms with van der Waals surface area (Å²) in [7, 11) is 0. The number of nitrogens with zero attached hydrogens (tertiary/aromatic N) is 2. The molecule has 30 heavy (non-hydrogen) atoms. The maximum Gasteiger partial charge on any atom is 0.340 e. The molecule has 0 spiro atoms. The van der Waals surface area contributed by atoms with Crippen molar-refractivity contribution >= 4 is 17.6 Å². The molecule has 156 valence electrons. The van der Waals surface area contributed by atoms with Gasteiger partial charge in [0.15, 0.2) is 11.7 Å². The van der Waals surface area contributed by atoms with E-state index in [1.807, 2.05) is 6.92 Å². The fraction of sp³-hybridized carbons (Fsp3) is 0.261. The van der Waals surface area contributed by atoms with Crippen molar-refractivity contribution < 1.29 is 23.1 Å². The van der Waals surface area contributed by atoms with Crippen LogP contribution in [0.2, 0.25) is 0 Å². The van der Waals surface area contributed by atoms with E-state index in [2.05, 4.69) is 4.98 Å². The van der Waals surface area contributed by atoms with Crippen molar-refractivity contribution in [3.8, 4) is 11.3 Å². The highest BCUT2D eigenvalue weighted by atomic mass is 19.1. The molecule has 3 rings (SSSR count). The number of oxazole rings is 1. The van der Waals surface area contributed by atoms with E-state index in [-0.39, 0.29) is 25.4 Å². The lowest BCUT2D eigenvalue weighted by Crippen LogP contribution is -2.32. The third-order valence-electron chi connectivity index (χ3n) is 4.55. The molecule has 1 aromatic heterocycles. The van der Waals surface area contributed by atoms with Crippen LogP contribution in [0.1, 0.15) is 36.5 Å². The lowest BCUT2D eigenvalue weighted by molar-refractivity contribution is -0.118. The van der Waals surface area contributed by atoms with E-state index in [9.17, 15) is 14.0 Å². The molecule has 3 aromatic rings. The van der Waals surface area contributed by atoms with Crippen LogP contribution < -0.4 is 4.90 Å². The molecule has 0 aliphatic heterocycles. The zero-order valence-corrected chi connectivity index (χ0v) is 16.9. The number of rotatable bonds is 8. The van der Waals surface area contributed by atoms with E-state index < -0.39 is 11.8 Å². The quantitative estimate of drug-likeness (QED) is 0.506. The van der Waals surface area contributed by atoms with Gasteiger partial charge in [-0.1, -0.05) is 24.3 Å². The van der Waals surface area contributed by atoms with Crippen molar-refractivity contribution in [1.82, 2.24) is 4.98 Å². The first-order valence-corrected chi connectivity index (χ1v) is 9.81. The van der Waals surface area contributed by atoms with E-state index in [1.54, 1.807) is 49.4 Å². The second-order valence-electron chi connectivity index (χ2n) is 6.47. The summed E-state index contributed by atoms with van der Waals surface area (Å²) in [6, 6.07) is 13.1. The molecule has 0 unspecified atom stereocenters. The van der Waals surface area contributed by atoms with Gasteiger partial charge in [-0.2, -0.15) is 0 Å². The van der Waals surface area contributed by atoms with Gasteiger partial charge >= 0.3 is 5.97 Å². The second-order valence-corrected chi connectivity index (χ2v) is 6.47. The number of aromatic nitrogens is 1. The van der Waals surface area contributed by atoms with E-state index in [4.69, 9.17) is 9.15 Å². The van der Waals surface area contributed by atoms with Crippen LogP contribution in [0.5, 0.6) is 0 Å². The van der Waals surface area contributed by atoms with Crippen LogP contribution >= 0.6 is 0 Å². The minimum absolute atomic E-state index is 0.127. The lowest BCUT2D eigenvalue weighted by atomic mass is 10.1. The van der Waals surface area contributed by atoms with Crippen molar-refractivity contribution in [2.24, 2.45) is 0 Å². The van der Waals surface area contributed by atoms with E-state index >= 15 is 0 Å². The van der Waals surface area contributed by atoms with Crippen LogP contribution in [0.25, 0.3) is 11.3 Å². The molecule has 0 saturated carbocycles. The third-order valence-corrected chi connectivity index (χ3v) is 4.55. The number of para-hydroxylation sites is 1. The van der Waals surface area contributed by atoms with E-state index in [1.165, 1.54) is 17.2 Å². The molecule has 2 aromatic carbocycles. The average Bonchev–Trinajstić information content (AvgIpc) is 3.22. The molecule has 0 fully saturated rings. The summed E-state index contributed by atoms with van der Waals surface area (Å²) in [6.07, 6.45) is 1.83. The van der Waals surface area contributed by atoms with Gasteiger partial charge in [0.05, 0.1) is 29.6 Å². The predicted octanol–water partition coefficient (Wildman–Crippen LogP) is 4.64. The minimum Gasteiger partial charge on any atom is -0.462 e. The van der Waals surface area contributed by atoms with Gasteiger partial charge in [0.25, 0.3) is 0 Å². The topological polar surface area (TPSA) is 72.6 Å². The summed E-state index contributed by atoms with van der Waals surface area (Å²) in [5, 5.41) is 0. The molecule has 0 radical (unpaired) electrons. The zero-order chi connectivity index (χ0) is 21.5. The Morgan fingerprint density at radius 2 is 1.83 bits per heavy atom. The fourth-order valence-electron chi connectivity index (χ4n) is 3.13. The molecule has 7 heteroatoms. The van der Waals surface area contributed by atoms with E-state index in [0.29, 0.717) is 35.0 Å². The van der Waals surface area contributed by atoms with Gasteiger partial charge in [-0.3, -0.25) is 4.79 Å². The SMILES string of the molecule is CCOC(=O)c1ccccc1N(CC)C(=O)CCc1ncc(-c2ccccc2F)o1. The number of halogens is 1. The Labute approximate surface area is 174 Å². The van der Waals surface area contributed by atoms with Crippen LogP contribution in [0.3, 0.4) is 0 Å². The molecule has 0 aliphatic carbocycles. The minimum atomic E-state index is -0.471. The van der Waals surface area contributed by atoms with Crippen LogP contribution in [0, 0.1) is 5.82 Å². The maximum atomic E-state index is 13.9. The van der Waals surface area contributed by atoms with Gasteiger partial charge < -0.3 is 14.1 Å². The second kappa shape index (κ2) is 9.82. The van der Waals surface area contributed by atoms with Crippen LogP contribution in [0.15, 0.2) is 59.1 Å². The van der Waals surface area contributed by atoms with Crippen molar-refractivity contribution in [3.05, 3.63) is 72.0 Å². The van der Waals surface area contributed by atoms with Crippen LogP contribution in [-0.4, -0.2) is 30.0 Å². The van der Waals surface area contributed by atoms with Gasteiger partial charge in [-0.15, -0.1) is 0 Å². The Morgan fingerprint density at radius 1 is 1.10 bits per heavy atom. The lowest BCUT2D eigenvalue weighted by Gasteiger charge is -2.23. The third kappa shape index (κ3) is 4.74. The molecule has 0 N–H and O–H groups in total. The maximum absolute atomic E-state index is 13.9. The number of anilines is 1. The summed E-state index contributed by atoms with van der Waals surface area (Å²) in [6.45, 7) is 4.21. The number of hydrogen-bond acceptors (Lipinski definition) is 5. The average molecular weight is 410 g/mol. The Balaban J connectivity index is 1.72. The first-order valence-electron chi connectivity index (χ1n) is 9.81. The summed E-state index contributed by atoms with van der Waals surface area (Å²) in [5.41, 5.74) is 1.16. The first kappa shape index (κ1) is 21.2. The number of carbonyl (C=O) groups is 2. The summed E-state index contributed by atoms with van der Waals surface area (Å²) >= 11 is 0. The van der Waals surface area contributed by atoms with Crippen molar-refractivity contribution in [1.29, 1.82) is 0 Å². The molecule has 1 amide bonds. The molecule has 0 saturated heterocycles. The van der Waals surface area contributed by atoms with Crippen molar-refractivity contribution in [2.75, 3.05) is 18.1 Å². The summed E-state index contributed by atoms with van der Waals surface area (Å²) in [5.74, 6) is -0.391. The Bertz CT molecular complexity index is 1030. The van der Waals surface area contributed by atoms with Gasteiger partial charge in [-0.25, -0.2) is 14.2 Å². The molecule has 0 bridgehead atoms. The number of esters is 1. The fourth-order valence-corrected chi connectivity index (χ4v) is 3.13. The zero-order valence-electron chi connectivity index (χ0n) is 16.9. The number of amides is 1. The molecular weight excluding hydrogens is 387 g/mol. The highest BCUT2D eigenvalue weighted by Gasteiger charge is 2.21. The van der Waals surface area contributed by atoms with Crippen LogP contribution in [0.4, 0.5) is 10.1 Å². The van der Waals surface area contributed by atoms with E-state index in [0.717, 1.165) is 0 Å². The number of ether oxygens (including phenoxy) is 1. The summed E-state index contributed by atoms with van der Waals surface area (Å²) in [4.78, 5) is 30.8. The first-order chi connectivity index (χ1) is 14.5. The monoisotopic (exact) mass is 410 g/mol.